The Labute approximate surface area is 124 Å². The van der Waals surface area contributed by atoms with Gasteiger partial charge in [0.05, 0.1) is 4.88 Å². The summed E-state index contributed by atoms with van der Waals surface area (Å²) >= 11 is 7.39. The van der Waals surface area contributed by atoms with Crippen LogP contribution in [0.2, 0.25) is 0 Å². The number of hydrogen-bond donors (Lipinski definition) is 1. The molecule has 0 bridgehead atoms. The van der Waals surface area contributed by atoms with E-state index in [1.807, 2.05) is 0 Å². The third kappa shape index (κ3) is 3.96. The van der Waals surface area contributed by atoms with Gasteiger partial charge in [0.2, 0.25) is 0 Å². The molecule has 1 aliphatic carbocycles. The van der Waals surface area contributed by atoms with E-state index in [1.54, 1.807) is 11.3 Å². The molecule has 19 heavy (non-hydrogen) atoms. The molecular weight excluding hydrogens is 278 g/mol. The molecule has 1 aromatic heterocycles. The first kappa shape index (κ1) is 14.9. The number of hydrogen-bond acceptors (Lipinski definition) is 2. The fourth-order valence-corrected chi connectivity index (χ4v) is 3.78. The standard InChI is InChI=1S/C15H22ClNOS/c1-15(2,7-4-8-16)10-17-14(18)13-9-11-5-3-6-12(11)19-13/h9H,3-8,10H2,1-2H3,(H,17,18). The van der Waals surface area contributed by atoms with E-state index >= 15 is 0 Å². The second-order valence-corrected chi connectivity index (χ2v) is 7.57. The molecular formula is C15H22ClNOS. The molecule has 0 atom stereocenters. The molecule has 106 valence electrons. The Bertz CT molecular complexity index is 431. The van der Waals surface area contributed by atoms with Crippen LogP contribution in [0.15, 0.2) is 6.07 Å². The summed E-state index contributed by atoms with van der Waals surface area (Å²) in [5.41, 5.74) is 1.50. The lowest BCUT2D eigenvalue weighted by atomic mass is 9.88. The van der Waals surface area contributed by atoms with Crippen LogP contribution in [-0.2, 0) is 12.8 Å². The highest BCUT2D eigenvalue weighted by molar-refractivity contribution is 7.14. The van der Waals surface area contributed by atoms with Crippen molar-refractivity contribution in [3.05, 3.63) is 21.4 Å². The van der Waals surface area contributed by atoms with E-state index in [-0.39, 0.29) is 11.3 Å². The monoisotopic (exact) mass is 299 g/mol. The van der Waals surface area contributed by atoms with Crippen LogP contribution in [0.4, 0.5) is 0 Å². The smallest absolute Gasteiger partial charge is 0.261 e. The summed E-state index contributed by atoms with van der Waals surface area (Å²) in [6.07, 6.45) is 5.57. The van der Waals surface area contributed by atoms with Gasteiger partial charge in [-0.05, 0) is 49.1 Å². The van der Waals surface area contributed by atoms with Gasteiger partial charge < -0.3 is 5.32 Å². The molecule has 1 amide bonds. The molecule has 0 saturated heterocycles. The lowest BCUT2D eigenvalue weighted by Gasteiger charge is -2.24. The van der Waals surface area contributed by atoms with E-state index in [2.05, 4.69) is 25.2 Å². The van der Waals surface area contributed by atoms with Crippen molar-refractivity contribution < 1.29 is 4.79 Å². The zero-order valence-corrected chi connectivity index (χ0v) is 13.3. The number of nitrogens with one attached hydrogen (secondary N) is 1. The molecule has 1 aliphatic rings. The van der Waals surface area contributed by atoms with Crippen molar-refractivity contribution >= 4 is 28.8 Å². The minimum atomic E-state index is 0.0818. The Morgan fingerprint density at radius 3 is 2.95 bits per heavy atom. The van der Waals surface area contributed by atoms with Crippen molar-refractivity contribution in [3.8, 4) is 0 Å². The number of carbonyl (C=O) groups excluding carboxylic acids is 1. The van der Waals surface area contributed by atoms with Crippen molar-refractivity contribution in [3.63, 3.8) is 0 Å². The van der Waals surface area contributed by atoms with Gasteiger partial charge in [-0.15, -0.1) is 22.9 Å². The molecule has 0 radical (unpaired) electrons. The number of amides is 1. The van der Waals surface area contributed by atoms with Crippen molar-refractivity contribution in [2.75, 3.05) is 12.4 Å². The van der Waals surface area contributed by atoms with Crippen molar-refractivity contribution in [2.24, 2.45) is 5.41 Å². The zero-order valence-electron chi connectivity index (χ0n) is 11.7. The van der Waals surface area contributed by atoms with Gasteiger partial charge in [0.15, 0.2) is 0 Å². The highest BCUT2D eigenvalue weighted by atomic mass is 35.5. The molecule has 1 heterocycles. The van der Waals surface area contributed by atoms with Crippen molar-refractivity contribution in [1.29, 1.82) is 0 Å². The fraction of sp³-hybridized carbons (Fsp3) is 0.667. The van der Waals surface area contributed by atoms with Gasteiger partial charge >= 0.3 is 0 Å². The molecule has 2 rings (SSSR count). The van der Waals surface area contributed by atoms with Crippen LogP contribution in [0.1, 0.15) is 53.2 Å². The molecule has 2 nitrogen and oxygen atoms in total. The van der Waals surface area contributed by atoms with Gasteiger partial charge in [0, 0.05) is 17.3 Å². The number of halogens is 1. The summed E-state index contributed by atoms with van der Waals surface area (Å²) < 4.78 is 0. The molecule has 1 aromatic rings. The third-order valence-electron chi connectivity index (χ3n) is 3.69. The van der Waals surface area contributed by atoms with E-state index in [4.69, 9.17) is 11.6 Å². The van der Waals surface area contributed by atoms with E-state index in [0.29, 0.717) is 12.4 Å². The fourth-order valence-electron chi connectivity index (χ4n) is 2.48. The van der Waals surface area contributed by atoms with Gasteiger partial charge in [0.25, 0.3) is 5.91 Å². The topological polar surface area (TPSA) is 29.1 Å². The number of aryl methyl sites for hydroxylation is 2. The second kappa shape index (κ2) is 6.27. The Hall–Kier alpha value is -0.540. The number of carbonyl (C=O) groups is 1. The summed E-state index contributed by atoms with van der Waals surface area (Å²) in [5.74, 6) is 0.771. The Morgan fingerprint density at radius 2 is 2.26 bits per heavy atom. The lowest BCUT2D eigenvalue weighted by Crippen LogP contribution is -2.33. The molecule has 0 spiro atoms. The van der Waals surface area contributed by atoms with Crippen LogP contribution < -0.4 is 5.32 Å². The number of thiophene rings is 1. The SMILES string of the molecule is CC(C)(CCCCl)CNC(=O)c1cc2c(s1)CCC2. The van der Waals surface area contributed by atoms with Crippen LogP contribution in [0.3, 0.4) is 0 Å². The first-order valence-electron chi connectivity index (χ1n) is 6.97. The molecule has 0 saturated carbocycles. The van der Waals surface area contributed by atoms with Gasteiger partial charge in [-0.3, -0.25) is 4.79 Å². The number of rotatable bonds is 6. The second-order valence-electron chi connectivity index (χ2n) is 6.05. The largest absolute Gasteiger partial charge is 0.351 e. The van der Waals surface area contributed by atoms with Gasteiger partial charge in [-0.25, -0.2) is 0 Å². The quantitative estimate of drug-likeness (QED) is 0.790. The third-order valence-corrected chi connectivity index (χ3v) is 5.19. The van der Waals surface area contributed by atoms with Gasteiger partial charge in [-0.2, -0.15) is 0 Å². The normalized spacial score (nSPS) is 14.5. The molecule has 0 fully saturated rings. The van der Waals surface area contributed by atoms with Gasteiger partial charge in [-0.1, -0.05) is 13.8 Å². The highest BCUT2D eigenvalue weighted by Gasteiger charge is 2.21. The average molecular weight is 300 g/mol. The number of fused-ring (bicyclic) bond motifs is 1. The average Bonchev–Trinajstić information content (AvgIpc) is 2.94. The predicted octanol–water partition coefficient (Wildman–Crippen LogP) is 4.01. The highest BCUT2D eigenvalue weighted by Crippen LogP contribution is 2.30. The Morgan fingerprint density at radius 1 is 1.47 bits per heavy atom. The first-order valence-corrected chi connectivity index (χ1v) is 8.33. The van der Waals surface area contributed by atoms with Crippen LogP contribution in [0, 0.1) is 5.41 Å². The van der Waals surface area contributed by atoms with E-state index in [9.17, 15) is 4.79 Å². The zero-order chi connectivity index (χ0) is 13.9. The van der Waals surface area contributed by atoms with Crippen LogP contribution in [-0.4, -0.2) is 18.3 Å². The van der Waals surface area contributed by atoms with E-state index in [0.717, 1.165) is 30.6 Å². The van der Waals surface area contributed by atoms with Gasteiger partial charge in [0.1, 0.15) is 0 Å². The van der Waals surface area contributed by atoms with E-state index in [1.165, 1.54) is 16.9 Å². The van der Waals surface area contributed by atoms with Crippen molar-refractivity contribution in [1.82, 2.24) is 5.32 Å². The van der Waals surface area contributed by atoms with E-state index < -0.39 is 0 Å². The molecule has 0 unspecified atom stereocenters. The lowest BCUT2D eigenvalue weighted by molar-refractivity contribution is 0.0938. The summed E-state index contributed by atoms with van der Waals surface area (Å²) in [5, 5.41) is 3.07. The predicted molar refractivity (Wildman–Crippen MR) is 82.4 cm³/mol. The maximum absolute atomic E-state index is 12.1. The maximum Gasteiger partial charge on any atom is 0.261 e. The summed E-state index contributed by atoms with van der Waals surface area (Å²) in [6.45, 7) is 5.06. The van der Waals surface area contributed by atoms with Crippen LogP contribution >= 0.6 is 22.9 Å². The number of alkyl halides is 1. The summed E-state index contributed by atoms with van der Waals surface area (Å²) in [4.78, 5) is 14.4. The minimum Gasteiger partial charge on any atom is -0.351 e. The summed E-state index contributed by atoms with van der Waals surface area (Å²) in [6, 6.07) is 2.08. The minimum absolute atomic E-state index is 0.0818. The Kier molecular flexibility index (Phi) is 4.91. The first-order chi connectivity index (χ1) is 9.02. The molecule has 1 N–H and O–H groups in total. The van der Waals surface area contributed by atoms with Crippen LogP contribution in [0.5, 0.6) is 0 Å². The Balaban J connectivity index is 1.87. The maximum atomic E-state index is 12.1. The van der Waals surface area contributed by atoms with Crippen LogP contribution in [0.25, 0.3) is 0 Å². The molecule has 0 aliphatic heterocycles. The molecule has 0 aromatic carbocycles. The molecule has 4 heteroatoms. The van der Waals surface area contributed by atoms with Crippen molar-refractivity contribution in [2.45, 2.75) is 46.0 Å². The summed E-state index contributed by atoms with van der Waals surface area (Å²) in [7, 11) is 0.